The van der Waals surface area contributed by atoms with Crippen molar-refractivity contribution in [3.8, 4) is 0 Å². The van der Waals surface area contributed by atoms with E-state index in [4.69, 9.17) is 0 Å². The Morgan fingerprint density at radius 3 is 2.83 bits per heavy atom. The lowest BCUT2D eigenvalue weighted by Gasteiger charge is -2.26. The summed E-state index contributed by atoms with van der Waals surface area (Å²) in [6.07, 6.45) is 9.36. The summed E-state index contributed by atoms with van der Waals surface area (Å²) < 4.78 is 0. The van der Waals surface area contributed by atoms with Gasteiger partial charge in [0, 0.05) is 19.2 Å². The Morgan fingerprint density at radius 1 is 1.50 bits per heavy atom. The summed E-state index contributed by atoms with van der Waals surface area (Å²) in [6.45, 7) is 4.53. The van der Waals surface area contributed by atoms with Crippen LogP contribution in [0.15, 0.2) is 17.1 Å². The van der Waals surface area contributed by atoms with Gasteiger partial charge in [-0.05, 0) is 24.7 Å². The molecule has 0 aromatic heterocycles. The molecule has 0 aliphatic heterocycles. The second-order valence-corrected chi connectivity index (χ2v) is 3.72. The van der Waals surface area contributed by atoms with Crippen LogP contribution >= 0.6 is 0 Å². The van der Waals surface area contributed by atoms with Crippen molar-refractivity contribution in [2.75, 3.05) is 7.05 Å². The molecule has 1 aliphatic carbocycles. The number of nitrogens with zero attached hydrogens (tertiary/aromatic N) is 1. The molecule has 0 N–H and O–H groups in total. The number of rotatable bonds is 2. The van der Waals surface area contributed by atoms with E-state index in [1.165, 1.54) is 12.8 Å². The normalized spacial score (nSPS) is 36.1. The molecular weight excluding hydrogens is 146 g/mol. The molecule has 0 saturated heterocycles. The molecule has 0 radical (unpaired) electrons. The minimum absolute atomic E-state index is 0.671. The van der Waals surface area contributed by atoms with Crippen molar-refractivity contribution in [3.63, 3.8) is 0 Å². The number of hydrogen-bond donors (Lipinski definition) is 0. The molecule has 12 heavy (non-hydrogen) atoms. The van der Waals surface area contributed by atoms with Gasteiger partial charge in [-0.3, -0.25) is 0 Å². The molecule has 0 aromatic rings. The molecular formula is C11H19N. The standard InChI is InChI=1S/C11H19N/c1-4-10-6-5-9(2)11(7-10)8-12-3/h5-6,8-11H,4,7H2,1-3H3. The van der Waals surface area contributed by atoms with Crippen molar-refractivity contribution in [1.82, 2.24) is 0 Å². The predicted molar refractivity (Wildman–Crippen MR) is 54.6 cm³/mol. The zero-order valence-corrected chi connectivity index (χ0v) is 8.33. The summed E-state index contributed by atoms with van der Waals surface area (Å²) in [5.41, 5.74) is 0. The van der Waals surface area contributed by atoms with E-state index in [0.29, 0.717) is 11.8 Å². The summed E-state index contributed by atoms with van der Waals surface area (Å²) >= 11 is 0. The first-order chi connectivity index (χ1) is 5.77. The van der Waals surface area contributed by atoms with Crippen LogP contribution in [0.2, 0.25) is 0 Å². The highest BCUT2D eigenvalue weighted by Gasteiger charge is 2.20. The fraction of sp³-hybridized carbons (Fsp3) is 0.727. The van der Waals surface area contributed by atoms with E-state index in [-0.39, 0.29) is 0 Å². The molecule has 3 unspecified atom stereocenters. The molecule has 0 amide bonds. The molecule has 0 aromatic carbocycles. The second kappa shape index (κ2) is 4.44. The third kappa shape index (κ3) is 2.20. The van der Waals surface area contributed by atoms with E-state index in [1.54, 1.807) is 0 Å². The Hall–Kier alpha value is -0.590. The summed E-state index contributed by atoms with van der Waals surface area (Å²) in [7, 11) is 1.87. The van der Waals surface area contributed by atoms with E-state index in [9.17, 15) is 0 Å². The minimum atomic E-state index is 0.671. The number of hydrogen-bond acceptors (Lipinski definition) is 1. The lowest BCUT2D eigenvalue weighted by molar-refractivity contribution is 0.406. The highest BCUT2D eigenvalue weighted by molar-refractivity contribution is 5.61. The molecule has 1 aliphatic rings. The Morgan fingerprint density at radius 2 is 2.25 bits per heavy atom. The summed E-state index contributed by atoms with van der Waals surface area (Å²) in [5, 5.41) is 0. The van der Waals surface area contributed by atoms with Crippen molar-refractivity contribution in [2.24, 2.45) is 22.7 Å². The van der Waals surface area contributed by atoms with Crippen LogP contribution in [-0.4, -0.2) is 13.3 Å². The van der Waals surface area contributed by atoms with Gasteiger partial charge in [0.15, 0.2) is 0 Å². The Kier molecular flexibility index (Phi) is 3.51. The van der Waals surface area contributed by atoms with Gasteiger partial charge in [-0.15, -0.1) is 0 Å². The number of allylic oxidation sites excluding steroid dienone is 2. The summed E-state index contributed by atoms with van der Waals surface area (Å²) in [6, 6.07) is 0. The first-order valence-electron chi connectivity index (χ1n) is 4.88. The minimum Gasteiger partial charge on any atom is -0.301 e. The highest BCUT2D eigenvalue weighted by atomic mass is 14.6. The number of aliphatic imine (C=N–C) groups is 1. The molecule has 1 heteroatoms. The molecule has 3 atom stereocenters. The van der Waals surface area contributed by atoms with E-state index in [2.05, 4.69) is 37.2 Å². The molecule has 0 heterocycles. The first-order valence-corrected chi connectivity index (χ1v) is 4.88. The molecule has 0 saturated carbocycles. The highest BCUT2D eigenvalue weighted by Crippen LogP contribution is 2.28. The van der Waals surface area contributed by atoms with Crippen molar-refractivity contribution in [2.45, 2.75) is 26.7 Å². The third-order valence-electron chi connectivity index (χ3n) is 2.80. The summed E-state index contributed by atoms with van der Waals surface area (Å²) in [4.78, 5) is 4.12. The Labute approximate surface area is 75.6 Å². The van der Waals surface area contributed by atoms with Gasteiger partial charge in [0.05, 0.1) is 0 Å². The van der Waals surface area contributed by atoms with Crippen LogP contribution in [0.5, 0.6) is 0 Å². The van der Waals surface area contributed by atoms with E-state index >= 15 is 0 Å². The largest absolute Gasteiger partial charge is 0.301 e. The van der Waals surface area contributed by atoms with Gasteiger partial charge in [-0.25, -0.2) is 0 Å². The average Bonchev–Trinajstić information content (AvgIpc) is 2.09. The van der Waals surface area contributed by atoms with Gasteiger partial charge >= 0.3 is 0 Å². The van der Waals surface area contributed by atoms with Crippen molar-refractivity contribution >= 4 is 6.21 Å². The zero-order chi connectivity index (χ0) is 8.97. The maximum Gasteiger partial charge on any atom is 0.0273 e. The molecule has 0 bridgehead atoms. The Bertz CT molecular complexity index is 181. The monoisotopic (exact) mass is 165 g/mol. The van der Waals surface area contributed by atoms with Crippen molar-refractivity contribution in [1.29, 1.82) is 0 Å². The van der Waals surface area contributed by atoms with Gasteiger partial charge in [0.25, 0.3) is 0 Å². The molecule has 1 rings (SSSR count). The van der Waals surface area contributed by atoms with Gasteiger partial charge in [-0.2, -0.15) is 0 Å². The van der Waals surface area contributed by atoms with E-state index in [1.807, 2.05) is 7.05 Å². The zero-order valence-electron chi connectivity index (χ0n) is 8.33. The quantitative estimate of drug-likeness (QED) is 0.440. The Balaban J connectivity index is 2.59. The third-order valence-corrected chi connectivity index (χ3v) is 2.80. The van der Waals surface area contributed by atoms with Crippen LogP contribution in [0, 0.1) is 17.8 Å². The average molecular weight is 165 g/mol. The van der Waals surface area contributed by atoms with Gasteiger partial charge in [0.2, 0.25) is 0 Å². The van der Waals surface area contributed by atoms with E-state index < -0.39 is 0 Å². The smallest absolute Gasteiger partial charge is 0.0273 e. The fourth-order valence-electron chi connectivity index (χ4n) is 1.81. The van der Waals surface area contributed by atoms with Crippen molar-refractivity contribution < 1.29 is 0 Å². The topological polar surface area (TPSA) is 12.4 Å². The molecule has 68 valence electrons. The molecule has 0 fully saturated rings. The molecule has 1 nitrogen and oxygen atoms in total. The van der Waals surface area contributed by atoms with E-state index in [0.717, 1.165) is 5.92 Å². The van der Waals surface area contributed by atoms with Gasteiger partial charge < -0.3 is 4.99 Å². The van der Waals surface area contributed by atoms with Gasteiger partial charge in [-0.1, -0.05) is 26.0 Å². The van der Waals surface area contributed by atoms with Crippen LogP contribution in [0.25, 0.3) is 0 Å². The van der Waals surface area contributed by atoms with Crippen LogP contribution < -0.4 is 0 Å². The summed E-state index contributed by atoms with van der Waals surface area (Å²) in [5.74, 6) is 2.13. The van der Waals surface area contributed by atoms with Gasteiger partial charge in [0.1, 0.15) is 0 Å². The maximum atomic E-state index is 4.12. The molecule has 0 spiro atoms. The SMILES string of the molecule is CCC1C=CC(C)C(C=NC)C1. The fourth-order valence-corrected chi connectivity index (χ4v) is 1.81. The van der Waals surface area contributed by atoms with Crippen LogP contribution in [0.3, 0.4) is 0 Å². The lowest BCUT2D eigenvalue weighted by atomic mass is 9.80. The maximum absolute atomic E-state index is 4.12. The van der Waals surface area contributed by atoms with Crippen LogP contribution in [0.4, 0.5) is 0 Å². The van der Waals surface area contributed by atoms with Crippen LogP contribution in [-0.2, 0) is 0 Å². The predicted octanol–water partition coefficient (Wildman–Crippen LogP) is 2.93. The van der Waals surface area contributed by atoms with Crippen molar-refractivity contribution in [3.05, 3.63) is 12.2 Å². The second-order valence-electron chi connectivity index (χ2n) is 3.72. The van der Waals surface area contributed by atoms with Crippen LogP contribution in [0.1, 0.15) is 26.7 Å². The first kappa shape index (κ1) is 9.50. The lowest BCUT2D eigenvalue weighted by Crippen LogP contribution is -2.19.